The molecule has 0 aromatic carbocycles. The van der Waals surface area contributed by atoms with Crippen molar-refractivity contribution in [3.8, 4) is 0 Å². The standard InChI is InChI=1S/C16H27NO6SSi/c1-7-9-23-16(21)17(12(19)11(10(3)18)13(17)24)14(25(4,5)6)15(20)22-8-2/h7,10-11,13-14,18H,1,8-9H2,2-6H3/t10?,11-,13+,14?,17?/m0/s1. The molecular formula is C16H27NO6SSi. The first kappa shape index (κ1) is 21.9. The normalized spacial score (nSPS) is 28.5. The van der Waals surface area contributed by atoms with Crippen LogP contribution < -0.4 is 0 Å². The van der Waals surface area contributed by atoms with Crippen LogP contribution in [-0.4, -0.2) is 66.0 Å². The van der Waals surface area contributed by atoms with Crippen LogP contribution in [0.5, 0.6) is 0 Å². The Balaban J connectivity index is 3.49. The molecule has 1 aliphatic heterocycles. The van der Waals surface area contributed by atoms with Crippen molar-refractivity contribution in [2.45, 2.75) is 50.6 Å². The van der Waals surface area contributed by atoms with Crippen LogP contribution in [0.25, 0.3) is 0 Å². The number of carbonyl (C=O) groups is 3. The fourth-order valence-corrected chi connectivity index (χ4v) is 6.44. The first-order valence-corrected chi connectivity index (χ1v) is 12.2. The van der Waals surface area contributed by atoms with Gasteiger partial charge >= 0.3 is 18.0 Å². The Morgan fingerprint density at radius 3 is 2.32 bits per heavy atom. The molecule has 9 heteroatoms. The fourth-order valence-electron chi connectivity index (χ4n) is 3.27. The molecule has 1 saturated heterocycles. The van der Waals surface area contributed by atoms with Crippen molar-refractivity contribution in [3.05, 3.63) is 12.7 Å². The summed E-state index contributed by atoms with van der Waals surface area (Å²) in [6.45, 7) is 12.2. The Bertz CT molecular complexity index is 561. The largest absolute Gasteiger partial charge is 0.726 e. The number of β-lactam (4-membered cyclic amide) rings is 1. The highest BCUT2D eigenvalue weighted by Gasteiger charge is 2.72. The Labute approximate surface area is 155 Å². The van der Waals surface area contributed by atoms with Gasteiger partial charge in [-0.15, -0.1) is 0 Å². The van der Waals surface area contributed by atoms with Crippen LogP contribution in [0, 0.1) is 5.92 Å². The third-order valence-corrected chi connectivity index (χ3v) is 7.15. The van der Waals surface area contributed by atoms with Crippen molar-refractivity contribution < 1.29 is 33.4 Å². The Morgan fingerprint density at radius 1 is 1.40 bits per heavy atom. The van der Waals surface area contributed by atoms with Gasteiger partial charge in [0.15, 0.2) is 5.67 Å². The van der Waals surface area contributed by atoms with Crippen molar-refractivity contribution in [2.24, 2.45) is 5.92 Å². The van der Waals surface area contributed by atoms with Crippen LogP contribution in [0.15, 0.2) is 12.7 Å². The molecule has 0 bridgehead atoms. The van der Waals surface area contributed by atoms with Crippen molar-refractivity contribution in [1.29, 1.82) is 0 Å². The van der Waals surface area contributed by atoms with Gasteiger partial charge < -0.3 is 27.2 Å². The molecule has 0 radical (unpaired) electrons. The fraction of sp³-hybridized carbons (Fsp3) is 0.688. The molecule has 5 atom stereocenters. The number of nitrogens with zero attached hydrogens (tertiary/aromatic N) is 1. The van der Waals surface area contributed by atoms with Crippen LogP contribution in [0.4, 0.5) is 4.79 Å². The molecule has 1 heterocycles. The summed E-state index contributed by atoms with van der Waals surface area (Å²) in [5.41, 5.74) is -1.03. The molecule has 1 rings (SSSR count). The second-order valence-corrected chi connectivity index (χ2v) is 12.9. The molecule has 0 aliphatic carbocycles. The SMILES string of the molecule is C=CCOC(=O)[N+]1(C(C(=O)OCC)[Si](C)(C)C)C(=O)[C@H](C(C)O)[C@H]1[S-]. The zero-order valence-corrected chi connectivity index (χ0v) is 17.2. The van der Waals surface area contributed by atoms with Gasteiger partial charge in [-0.2, -0.15) is 9.28 Å². The van der Waals surface area contributed by atoms with Crippen LogP contribution in [-0.2, 0) is 31.7 Å². The van der Waals surface area contributed by atoms with E-state index in [2.05, 4.69) is 6.58 Å². The number of aliphatic hydroxyl groups excluding tert-OH is 1. The minimum absolute atomic E-state index is 0.102. The number of hydrogen-bond acceptors (Lipinski definition) is 7. The molecule has 25 heavy (non-hydrogen) atoms. The quantitative estimate of drug-likeness (QED) is 0.175. The minimum atomic E-state index is -2.44. The van der Waals surface area contributed by atoms with E-state index in [0.29, 0.717) is 0 Å². The van der Waals surface area contributed by atoms with E-state index in [1.807, 2.05) is 19.6 Å². The van der Waals surface area contributed by atoms with Crippen molar-refractivity contribution >= 4 is 38.7 Å². The third-order valence-electron chi connectivity index (χ3n) is 4.24. The van der Waals surface area contributed by atoms with Gasteiger partial charge in [0.2, 0.25) is 0 Å². The monoisotopic (exact) mass is 389 g/mol. The van der Waals surface area contributed by atoms with Gasteiger partial charge in [-0.25, -0.2) is 9.59 Å². The van der Waals surface area contributed by atoms with Crippen LogP contribution >= 0.6 is 0 Å². The van der Waals surface area contributed by atoms with Crippen LogP contribution in [0.3, 0.4) is 0 Å². The average Bonchev–Trinajstić information content (AvgIpc) is 2.48. The van der Waals surface area contributed by atoms with Crippen molar-refractivity contribution in [3.63, 3.8) is 0 Å². The molecule has 1 fully saturated rings. The third kappa shape index (κ3) is 3.69. The number of aliphatic hydroxyl groups is 1. The summed E-state index contributed by atoms with van der Waals surface area (Å²) in [6.07, 6.45) is -0.530. The second kappa shape index (κ2) is 8.03. The molecule has 0 aromatic heterocycles. The highest BCUT2D eigenvalue weighted by molar-refractivity contribution is 7.59. The molecule has 142 valence electrons. The Kier molecular flexibility index (Phi) is 7.02. The smallest absolute Gasteiger partial charge is 0.522 e. The predicted octanol–water partition coefficient (Wildman–Crippen LogP) is 1.35. The average molecular weight is 390 g/mol. The van der Waals surface area contributed by atoms with E-state index in [-0.39, 0.29) is 13.2 Å². The van der Waals surface area contributed by atoms with Gasteiger partial charge in [0.05, 0.1) is 12.7 Å². The van der Waals surface area contributed by atoms with Gasteiger partial charge in [-0.3, -0.25) is 0 Å². The highest BCUT2D eigenvalue weighted by atomic mass is 32.1. The minimum Gasteiger partial charge on any atom is -0.726 e. The number of rotatable bonds is 7. The summed E-state index contributed by atoms with van der Waals surface area (Å²) >= 11 is 5.43. The number of ether oxygens (including phenoxy) is 2. The number of likely N-dealkylation sites (tertiary alicyclic amines) is 1. The van der Waals surface area contributed by atoms with Crippen molar-refractivity contribution in [1.82, 2.24) is 0 Å². The van der Waals surface area contributed by atoms with Crippen molar-refractivity contribution in [2.75, 3.05) is 13.2 Å². The lowest BCUT2D eigenvalue weighted by Crippen LogP contribution is -2.86. The summed E-state index contributed by atoms with van der Waals surface area (Å²) in [5, 5.41) is 8.86. The number of quaternary nitrogens is 1. The van der Waals surface area contributed by atoms with E-state index in [4.69, 9.17) is 22.1 Å². The van der Waals surface area contributed by atoms with Gasteiger partial charge in [-0.1, -0.05) is 32.3 Å². The summed E-state index contributed by atoms with van der Waals surface area (Å²) < 4.78 is 9.36. The maximum Gasteiger partial charge on any atom is 0.522 e. The van der Waals surface area contributed by atoms with Gasteiger partial charge in [0.1, 0.15) is 20.6 Å². The lowest BCUT2D eigenvalue weighted by Gasteiger charge is -2.59. The molecule has 3 unspecified atom stereocenters. The lowest BCUT2D eigenvalue weighted by molar-refractivity contribution is -0.837. The molecule has 1 N–H and O–H groups in total. The number of esters is 1. The van der Waals surface area contributed by atoms with Crippen LogP contribution in [0.1, 0.15) is 13.8 Å². The van der Waals surface area contributed by atoms with Gasteiger partial charge in [0.25, 0.3) is 0 Å². The second-order valence-electron chi connectivity index (χ2n) is 7.16. The van der Waals surface area contributed by atoms with Gasteiger partial charge in [0, 0.05) is 5.37 Å². The number of hydrogen-bond donors (Lipinski definition) is 1. The summed E-state index contributed by atoms with van der Waals surface area (Å²) in [5.74, 6) is -2.13. The predicted molar refractivity (Wildman–Crippen MR) is 96.9 cm³/mol. The van der Waals surface area contributed by atoms with E-state index < -0.39 is 53.6 Å². The molecular weight excluding hydrogens is 362 g/mol. The van der Waals surface area contributed by atoms with Gasteiger partial charge in [-0.05, 0) is 13.8 Å². The van der Waals surface area contributed by atoms with E-state index in [1.54, 1.807) is 6.92 Å². The maximum absolute atomic E-state index is 13.0. The lowest BCUT2D eigenvalue weighted by atomic mass is 9.89. The molecule has 1 aliphatic rings. The zero-order valence-electron chi connectivity index (χ0n) is 15.4. The van der Waals surface area contributed by atoms with E-state index in [0.717, 1.165) is 0 Å². The first-order valence-electron chi connectivity index (χ1n) is 8.19. The van der Waals surface area contributed by atoms with Crippen LogP contribution in [0.2, 0.25) is 19.6 Å². The van der Waals surface area contributed by atoms with E-state index in [9.17, 15) is 19.5 Å². The summed E-state index contributed by atoms with van der Waals surface area (Å²) in [4.78, 5) is 38.5. The van der Waals surface area contributed by atoms with E-state index >= 15 is 0 Å². The highest BCUT2D eigenvalue weighted by Crippen LogP contribution is 2.43. The summed E-state index contributed by atoms with van der Waals surface area (Å²) in [7, 11) is -2.44. The summed E-state index contributed by atoms with van der Waals surface area (Å²) in [6, 6.07) is 0. The molecule has 0 aromatic rings. The number of imide groups is 1. The number of carbonyl (C=O) groups excluding carboxylic acids is 3. The maximum atomic E-state index is 13.0. The molecule has 0 spiro atoms. The molecule has 2 amide bonds. The number of amides is 2. The van der Waals surface area contributed by atoms with E-state index in [1.165, 1.54) is 13.0 Å². The first-order chi connectivity index (χ1) is 11.5. The zero-order chi connectivity index (χ0) is 19.6. The Morgan fingerprint density at radius 2 is 1.96 bits per heavy atom. The Hall–Kier alpha value is -1.16. The molecule has 0 saturated carbocycles. The topological polar surface area (TPSA) is 89.9 Å². The molecule has 7 nitrogen and oxygen atoms in total.